The van der Waals surface area contributed by atoms with Gasteiger partial charge in [-0.1, -0.05) is 0 Å². The quantitative estimate of drug-likeness (QED) is 0.153. The molecule has 0 heterocycles. The normalized spacial score (nSPS) is 19.5. The molecule has 0 saturated heterocycles. The van der Waals surface area contributed by atoms with Gasteiger partial charge in [0.15, 0.2) is 0 Å². The number of halogens is 2. The Kier molecular flexibility index (Phi) is 6.98. The van der Waals surface area contributed by atoms with Gasteiger partial charge >= 0.3 is 307 Å². The molecule has 0 bridgehead atoms. The predicted octanol–water partition coefficient (Wildman–Crippen LogP) is 13.1. The molecular weight excluding hydrogens is 743 g/mol. The van der Waals surface area contributed by atoms with Crippen molar-refractivity contribution in [3.63, 3.8) is 0 Å². The molecule has 0 N–H and O–H groups in total. The van der Waals surface area contributed by atoms with Gasteiger partial charge in [0.25, 0.3) is 0 Å². The maximum atomic E-state index is 8.63. The molecule has 247 valence electrons. The van der Waals surface area contributed by atoms with Gasteiger partial charge in [-0.3, -0.25) is 0 Å². The van der Waals surface area contributed by atoms with Crippen molar-refractivity contribution in [1.82, 2.24) is 0 Å². The van der Waals surface area contributed by atoms with Crippen molar-refractivity contribution in [2.75, 3.05) is 0 Å². The van der Waals surface area contributed by atoms with Gasteiger partial charge in [-0.2, -0.15) is 0 Å². The van der Waals surface area contributed by atoms with Crippen molar-refractivity contribution in [2.24, 2.45) is 0 Å². The second-order valence-corrected chi connectivity index (χ2v) is 58.4. The van der Waals surface area contributed by atoms with E-state index in [9.17, 15) is 0 Å². The summed E-state index contributed by atoms with van der Waals surface area (Å²) in [7, 11) is 17.3. The summed E-state index contributed by atoms with van der Waals surface area (Å²) in [5.74, 6) is -1.63. The first kappa shape index (κ1) is 31.7. The zero-order valence-electron chi connectivity index (χ0n) is 29.2. The van der Waals surface area contributed by atoms with Gasteiger partial charge < -0.3 is 0 Å². The Morgan fingerprint density at radius 3 is 1.32 bits per heavy atom. The summed E-state index contributed by atoms with van der Waals surface area (Å²) < 4.78 is 0.163. The SMILES string of the molecule is CC1=Cc2c(-c3ccc4c5c(cccc35)CC4)cccc2[CH]1[Zr]([Cl])([Cl])([CH]1C(C)=Cc2c(-c3ccc4c5c(cccc35)CC4)cccc21)[SiH](C)C. The van der Waals surface area contributed by atoms with E-state index in [1.807, 2.05) is 0 Å². The Labute approximate surface area is 304 Å². The van der Waals surface area contributed by atoms with E-state index in [0.717, 1.165) is 25.7 Å². The first-order valence-corrected chi connectivity index (χ1v) is 34.7. The van der Waals surface area contributed by atoms with Crippen LogP contribution in [0.3, 0.4) is 0 Å². The summed E-state index contributed by atoms with van der Waals surface area (Å²) >= 11 is -4.80. The molecule has 4 aliphatic carbocycles. The van der Waals surface area contributed by atoms with Crippen LogP contribution in [-0.4, -0.2) is 5.92 Å². The van der Waals surface area contributed by atoms with Gasteiger partial charge in [0, 0.05) is 0 Å². The third-order valence-corrected chi connectivity index (χ3v) is 65.4. The van der Waals surface area contributed by atoms with Crippen LogP contribution in [0.4, 0.5) is 0 Å². The molecule has 50 heavy (non-hydrogen) atoms. The van der Waals surface area contributed by atoms with Gasteiger partial charge in [-0.15, -0.1) is 0 Å². The Hall–Kier alpha value is -3.00. The predicted molar refractivity (Wildman–Crippen MR) is 217 cm³/mol. The van der Waals surface area contributed by atoms with E-state index in [1.54, 1.807) is 0 Å². The fourth-order valence-electron chi connectivity index (χ4n) is 10.8. The summed E-state index contributed by atoms with van der Waals surface area (Å²) in [5, 5.41) is 5.68. The zero-order chi connectivity index (χ0) is 34.1. The first-order valence-electron chi connectivity index (χ1n) is 18.4. The van der Waals surface area contributed by atoms with E-state index in [1.165, 1.54) is 99.5 Å². The van der Waals surface area contributed by atoms with Gasteiger partial charge in [-0.05, 0) is 0 Å². The summed E-state index contributed by atoms with van der Waals surface area (Å²) in [4.78, 5) is 0. The molecule has 4 aliphatic rings. The van der Waals surface area contributed by atoms with Gasteiger partial charge in [0.1, 0.15) is 0 Å². The van der Waals surface area contributed by atoms with E-state index in [4.69, 9.17) is 17.0 Å². The summed E-state index contributed by atoms with van der Waals surface area (Å²) in [6.07, 6.45) is 9.45. The number of allylic oxidation sites excluding steroid dienone is 2. The molecule has 6 aromatic rings. The van der Waals surface area contributed by atoms with Crippen molar-refractivity contribution in [3.8, 4) is 22.3 Å². The van der Waals surface area contributed by atoms with E-state index >= 15 is 0 Å². The van der Waals surface area contributed by atoms with Crippen LogP contribution in [0.5, 0.6) is 0 Å². The van der Waals surface area contributed by atoms with Crippen molar-refractivity contribution < 1.29 is 15.6 Å². The van der Waals surface area contributed by atoms with Crippen molar-refractivity contribution in [3.05, 3.63) is 153 Å². The molecular formula is C46H41Cl2SiZr. The first-order chi connectivity index (χ1) is 24.1. The van der Waals surface area contributed by atoms with E-state index in [-0.39, 0.29) is 7.25 Å². The zero-order valence-corrected chi connectivity index (χ0v) is 34.3. The Balaban J connectivity index is 1.15. The van der Waals surface area contributed by atoms with E-state index in [0.29, 0.717) is 0 Å². The molecule has 0 aromatic heterocycles. The second kappa shape index (κ2) is 11.0. The molecule has 6 aromatic carbocycles. The average Bonchev–Trinajstić information content (AvgIpc) is 3.89. The second-order valence-electron chi connectivity index (χ2n) is 15.9. The molecule has 0 amide bonds. The number of fused-ring (bicyclic) bond motifs is 2. The third-order valence-electron chi connectivity index (χ3n) is 13.1. The van der Waals surface area contributed by atoms with Crippen LogP contribution in [0.15, 0.2) is 108 Å². The molecule has 0 spiro atoms. The molecule has 0 radical (unpaired) electrons. The molecule has 0 aliphatic heterocycles. The van der Waals surface area contributed by atoms with Crippen molar-refractivity contribution in [1.29, 1.82) is 0 Å². The van der Waals surface area contributed by atoms with Gasteiger partial charge in [0.05, 0.1) is 0 Å². The van der Waals surface area contributed by atoms with Gasteiger partial charge in [0.2, 0.25) is 0 Å². The van der Waals surface area contributed by atoms with Crippen LogP contribution in [-0.2, 0) is 41.2 Å². The van der Waals surface area contributed by atoms with Gasteiger partial charge in [-0.25, -0.2) is 0 Å². The fourth-order valence-corrected chi connectivity index (χ4v) is 43.8. The Morgan fingerprint density at radius 2 is 0.900 bits per heavy atom. The van der Waals surface area contributed by atoms with Crippen LogP contribution >= 0.6 is 17.0 Å². The number of benzene rings is 6. The summed E-state index contributed by atoms with van der Waals surface area (Å²) in [5.41, 5.74) is 19.3. The minimum atomic E-state index is -4.80. The fraction of sp³-hybridized carbons (Fsp3) is 0.217. The molecule has 0 fully saturated rings. The standard InChI is InChI=1S/2C22H17.C2H7Si.2ClH.Zr/c2*1-14-12-17-5-3-6-18(21(17)13-14)19-11-10-16-9-8-15-4-2-7-20(19)22(15)16;1-3-2;;;/h2*2-7,10-13H,8-9H2,1H3;3H,1-2H3;2*1H;/q;;;;;+2/p-2. The number of hydrogen-bond donors (Lipinski definition) is 0. The van der Waals surface area contributed by atoms with Crippen molar-refractivity contribution >= 4 is 56.6 Å². The van der Waals surface area contributed by atoms with Crippen molar-refractivity contribution in [2.45, 2.75) is 59.9 Å². The van der Waals surface area contributed by atoms with E-state index in [2.05, 4.69) is 136 Å². The third kappa shape index (κ3) is 4.14. The number of hydrogen-bond acceptors (Lipinski definition) is 0. The monoisotopic (exact) mass is 781 g/mol. The summed E-state index contributed by atoms with van der Waals surface area (Å²) in [6, 6.07) is 37.1. The molecule has 4 heteroatoms. The average molecular weight is 784 g/mol. The Bertz CT molecular complexity index is 2360. The molecule has 0 saturated carbocycles. The van der Waals surface area contributed by atoms with Crippen LogP contribution in [0.1, 0.15) is 65.6 Å². The molecule has 2 unspecified atom stereocenters. The van der Waals surface area contributed by atoms with Crippen LogP contribution in [0.25, 0.3) is 56.0 Å². The molecule has 0 nitrogen and oxygen atoms in total. The molecule has 10 rings (SSSR count). The van der Waals surface area contributed by atoms with E-state index < -0.39 is 21.5 Å². The topological polar surface area (TPSA) is 0 Å². The minimum absolute atomic E-state index is 0.0814. The molecule has 2 atom stereocenters. The number of rotatable bonds is 5. The van der Waals surface area contributed by atoms with Crippen LogP contribution in [0.2, 0.25) is 13.1 Å². The summed E-state index contributed by atoms with van der Waals surface area (Å²) in [6.45, 7) is 9.52. The van der Waals surface area contributed by atoms with Crippen LogP contribution < -0.4 is 0 Å². The maximum absolute atomic E-state index is 8.63. The number of aryl methyl sites for hydroxylation is 4. The van der Waals surface area contributed by atoms with Crippen LogP contribution in [0, 0.1) is 0 Å². The Morgan fingerprint density at radius 1 is 0.500 bits per heavy atom.